The monoisotopic (exact) mass is 214 g/mol. The van der Waals surface area contributed by atoms with Crippen molar-refractivity contribution < 1.29 is 4.79 Å². The van der Waals surface area contributed by atoms with Crippen LogP contribution in [0.5, 0.6) is 0 Å². The summed E-state index contributed by atoms with van der Waals surface area (Å²) in [7, 11) is 0. The fraction of sp³-hybridized carbons (Fsp3) is 0.917. The lowest BCUT2D eigenvalue weighted by Gasteiger charge is -2.30. The van der Waals surface area contributed by atoms with Crippen LogP contribution in [0.15, 0.2) is 0 Å². The van der Waals surface area contributed by atoms with E-state index in [1.807, 2.05) is 20.8 Å². The molecule has 0 aliphatic carbocycles. The van der Waals surface area contributed by atoms with Crippen LogP contribution in [0.2, 0.25) is 0 Å². The van der Waals surface area contributed by atoms with E-state index in [0.29, 0.717) is 0 Å². The fourth-order valence-electron chi connectivity index (χ4n) is 1.88. The number of piperidine rings is 1. The van der Waals surface area contributed by atoms with Crippen molar-refractivity contribution in [3.63, 3.8) is 0 Å². The summed E-state index contributed by atoms with van der Waals surface area (Å²) < 4.78 is 0. The molecule has 3 heteroatoms. The highest BCUT2D eigenvalue weighted by atomic mass is 16.1. The number of carbonyl (C=O) groups is 1. The van der Waals surface area contributed by atoms with Crippen LogP contribution in [0.1, 0.15) is 40.5 Å². The van der Waals surface area contributed by atoms with Crippen LogP contribution in [0, 0.1) is 5.92 Å². The molecule has 1 heterocycles. The summed E-state index contributed by atoms with van der Waals surface area (Å²) >= 11 is 0. The van der Waals surface area contributed by atoms with Crippen molar-refractivity contribution in [3.8, 4) is 0 Å². The van der Waals surface area contributed by atoms with Gasteiger partial charge in [0.2, 0.25) is 5.91 Å². The molecule has 0 aromatic heterocycles. The van der Waals surface area contributed by atoms with Crippen LogP contribution in [0.25, 0.3) is 0 Å². The van der Waals surface area contributed by atoms with Gasteiger partial charge in [-0.1, -0.05) is 20.8 Å². The lowest BCUT2D eigenvalue weighted by atomic mass is 9.97. The Kier molecular flexibility index (Phi) is 8.38. The van der Waals surface area contributed by atoms with E-state index in [1.165, 1.54) is 0 Å². The van der Waals surface area contributed by atoms with Gasteiger partial charge in [0.1, 0.15) is 0 Å². The van der Waals surface area contributed by atoms with E-state index in [9.17, 15) is 4.79 Å². The number of nitrogens with zero attached hydrogens (tertiary/aromatic N) is 1. The molecule has 0 aromatic carbocycles. The highest BCUT2D eigenvalue weighted by Crippen LogP contribution is 2.15. The summed E-state index contributed by atoms with van der Waals surface area (Å²) in [5.41, 5.74) is 0. The minimum atomic E-state index is 0.230. The molecule has 0 bridgehead atoms. The van der Waals surface area contributed by atoms with Gasteiger partial charge in [-0.25, -0.2) is 0 Å². The summed E-state index contributed by atoms with van der Waals surface area (Å²) in [5.74, 6) is 0.467. The Morgan fingerprint density at radius 3 is 2.60 bits per heavy atom. The maximum atomic E-state index is 11.5. The van der Waals surface area contributed by atoms with Crippen molar-refractivity contribution in [2.24, 2.45) is 5.92 Å². The third-order valence-electron chi connectivity index (χ3n) is 2.67. The molecule has 1 saturated heterocycles. The topological polar surface area (TPSA) is 32.3 Å². The Morgan fingerprint density at radius 2 is 2.07 bits per heavy atom. The quantitative estimate of drug-likeness (QED) is 0.778. The molecule has 0 spiro atoms. The third-order valence-corrected chi connectivity index (χ3v) is 2.67. The smallest absolute Gasteiger partial charge is 0.224 e. The van der Waals surface area contributed by atoms with Crippen molar-refractivity contribution in [3.05, 3.63) is 0 Å². The summed E-state index contributed by atoms with van der Waals surface area (Å²) in [6, 6.07) is 0. The normalized spacial score (nSPS) is 21.5. The molecular weight excluding hydrogens is 188 g/mol. The van der Waals surface area contributed by atoms with Gasteiger partial charge in [0, 0.05) is 13.1 Å². The van der Waals surface area contributed by atoms with Gasteiger partial charge >= 0.3 is 0 Å². The van der Waals surface area contributed by atoms with Gasteiger partial charge in [-0.2, -0.15) is 0 Å². The number of hydrogen-bond acceptors (Lipinski definition) is 2. The molecule has 1 aliphatic rings. The Morgan fingerprint density at radius 1 is 1.40 bits per heavy atom. The second kappa shape index (κ2) is 8.72. The van der Waals surface area contributed by atoms with Gasteiger partial charge in [-0.05, 0) is 32.9 Å². The first kappa shape index (κ1) is 14.4. The van der Waals surface area contributed by atoms with Crippen molar-refractivity contribution in [1.29, 1.82) is 0 Å². The van der Waals surface area contributed by atoms with Crippen LogP contribution >= 0.6 is 0 Å². The van der Waals surface area contributed by atoms with E-state index in [-0.39, 0.29) is 11.8 Å². The number of carbonyl (C=O) groups excluding carboxylic acids is 1. The van der Waals surface area contributed by atoms with E-state index >= 15 is 0 Å². The van der Waals surface area contributed by atoms with Crippen LogP contribution in [0.3, 0.4) is 0 Å². The minimum absolute atomic E-state index is 0.230. The maximum absolute atomic E-state index is 11.5. The van der Waals surface area contributed by atoms with Crippen molar-refractivity contribution in [2.45, 2.75) is 40.5 Å². The molecule has 1 fully saturated rings. The van der Waals surface area contributed by atoms with Crippen molar-refractivity contribution >= 4 is 5.91 Å². The molecule has 3 nitrogen and oxygen atoms in total. The van der Waals surface area contributed by atoms with E-state index < -0.39 is 0 Å². The van der Waals surface area contributed by atoms with E-state index in [1.54, 1.807) is 0 Å². The molecule has 0 saturated carbocycles. The number of amides is 1. The maximum Gasteiger partial charge on any atom is 0.224 e. The average molecular weight is 214 g/mol. The number of likely N-dealkylation sites (tertiary alicyclic amines) is 1. The number of rotatable bonds is 3. The lowest BCUT2D eigenvalue weighted by molar-refractivity contribution is -0.126. The minimum Gasteiger partial charge on any atom is -0.356 e. The van der Waals surface area contributed by atoms with Crippen molar-refractivity contribution in [1.82, 2.24) is 10.2 Å². The average Bonchev–Trinajstić information content (AvgIpc) is 2.32. The Hall–Kier alpha value is -0.570. The summed E-state index contributed by atoms with van der Waals surface area (Å²) in [4.78, 5) is 13.9. The molecule has 1 rings (SSSR count). The summed E-state index contributed by atoms with van der Waals surface area (Å²) in [5, 5.41) is 2.89. The molecule has 1 aliphatic heterocycles. The van der Waals surface area contributed by atoms with Crippen LogP contribution < -0.4 is 5.32 Å². The van der Waals surface area contributed by atoms with Gasteiger partial charge in [-0.3, -0.25) is 4.79 Å². The van der Waals surface area contributed by atoms with Gasteiger partial charge in [0.05, 0.1) is 5.92 Å². The molecule has 0 radical (unpaired) electrons. The first-order valence-electron chi connectivity index (χ1n) is 6.28. The van der Waals surface area contributed by atoms with Crippen molar-refractivity contribution in [2.75, 3.05) is 26.2 Å². The van der Waals surface area contributed by atoms with E-state index in [4.69, 9.17) is 0 Å². The second-order valence-corrected chi connectivity index (χ2v) is 3.63. The zero-order valence-corrected chi connectivity index (χ0v) is 10.7. The van der Waals surface area contributed by atoms with E-state index in [0.717, 1.165) is 39.0 Å². The highest BCUT2D eigenvalue weighted by molar-refractivity contribution is 5.78. The Labute approximate surface area is 94.2 Å². The molecule has 1 unspecified atom stereocenters. The predicted molar refractivity (Wildman–Crippen MR) is 64.9 cm³/mol. The van der Waals surface area contributed by atoms with Gasteiger partial charge < -0.3 is 10.2 Å². The van der Waals surface area contributed by atoms with Crippen LogP contribution in [0.4, 0.5) is 0 Å². The molecule has 15 heavy (non-hydrogen) atoms. The Balaban J connectivity index is 0.000000921. The van der Waals surface area contributed by atoms with Crippen LogP contribution in [-0.4, -0.2) is 37.0 Å². The Bertz CT molecular complexity index is 171. The molecule has 90 valence electrons. The standard InChI is InChI=1S/C10H20N2O.C2H6/c1-3-11-10(13)9-6-5-7-12(4-2)8-9;1-2/h9H,3-8H2,1-2H3,(H,11,13);1-2H3. The number of hydrogen-bond donors (Lipinski definition) is 1. The van der Waals surface area contributed by atoms with Crippen LogP contribution in [-0.2, 0) is 4.79 Å². The first-order chi connectivity index (χ1) is 7.27. The lowest BCUT2D eigenvalue weighted by Crippen LogP contribution is -2.42. The molecule has 1 amide bonds. The van der Waals surface area contributed by atoms with Gasteiger partial charge in [0.25, 0.3) is 0 Å². The molecule has 1 atom stereocenters. The predicted octanol–water partition coefficient (Wildman–Crippen LogP) is 1.88. The third kappa shape index (κ3) is 5.17. The zero-order chi connectivity index (χ0) is 11.7. The summed E-state index contributed by atoms with van der Waals surface area (Å²) in [6.07, 6.45) is 2.22. The zero-order valence-electron chi connectivity index (χ0n) is 10.7. The SMILES string of the molecule is CC.CCNC(=O)C1CCCN(CC)C1. The molecular formula is C12H26N2O. The first-order valence-corrected chi connectivity index (χ1v) is 6.28. The number of nitrogens with one attached hydrogen (secondary N) is 1. The second-order valence-electron chi connectivity index (χ2n) is 3.63. The van der Waals surface area contributed by atoms with Gasteiger partial charge in [-0.15, -0.1) is 0 Å². The highest BCUT2D eigenvalue weighted by Gasteiger charge is 2.23. The van der Waals surface area contributed by atoms with E-state index in [2.05, 4.69) is 17.1 Å². The molecule has 0 aromatic rings. The molecule has 1 N–H and O–H groups in total. The summed E-state index contributed by atoms with van der Waals surface area (Å²) in [6.45, 7) is 12.0. The van der Waals surface area contributed by atoms with Gasteiger partial charge in [0.15, 0.2) is 0 Å². The largest absolute Gasteiger partial charge is 0.356 e. The fourth-order valence-corrected chi connectivity index (χ4v) is 1.88.